The van der Waals surface area contributed by atoms with Crippen molar-refractivity contribution in [2.75, 3.05) is 0 Å². The summed E-state index contributed by atoms with van der Waals surface area (Å²) < 4.78 is 2.21. The maximum absolute atomic E-state index is 8.74. The van der Waals surface area contributed by atoms with Gasteiger partial charge in [0, 0.05) is 19.9 Å². The summed E-state index contributed by atoms with van der Waals surface area (Å²) in [5.41, 5.74) is 0.766. The van der Waals surface area contributed by atoms with Crippen LogP contribution in [0, 0.1) is 11.3 Å². The van der Waals surface area contributed by atoms with Gasteiger partial charge in [0.1, 0.15) is 6.07 Å². The predicted molar refractivity (Wildman–Crippen MR) is 54.2 cm³/mol. The molecule has 1 aromatic heterocycles. The molecular formula is C9H4BrNS. The number of benzene rings is 1. The second kappa shape index (κ2) is 2.89. The van der Waals surface area contributed by atoms with Gasteiger partial charge >= 0.3 is 0 Å². The van der Waals surface area contributed by atoms with Crippen LogP contribution in [0.25, 0.3) is 10.1 Å². The van der Waals surface area contributed by atoms with Crippen molar-refractivity contribution in [2.45, 2.75) is 0 Å². The summed E-state index contributed by atoms with van der Waals surface area (Å²) >= 11 is 4.99. The molecule has 0 fully saturated rings. The Kier molecular flexibility index (Phi) is 1.87. The highest BCUT2D eigenvalue weighted by atomic mass is 79.9. The maximum atomic E-state index is 8.74. The van der Waals surface area contributed by atoms with E-state index in [-0.39, 0.29) is 0 Å². The van der Waals surface area contributed by atoms with Crippen molar-refractivity contribution in [1.29, 1.82) is 5.26 Å². The highest BCUT2D eigenvalue weighted by molar-refractivity contribution is 9.10. The average molecular weight is 238 g/mol. The molecule has 1 nitrogen and oxygen atoms in total. The smallest absolute Gasteiger partial charge is 0.101 e. The van der Waals surface area contributed by atoms with Crippen LogP contribution in [-0.4, -0.2) is 0 Å². The van der Waals surface area contributed by atoms with E-state index < -0.39 is 0 Å². The van der Waals surface area contributed by atoms with E-state index in [1.807, 2.05) is 23.6 Å². The zero-order valence-corrected chi connectivity index (χ0v) is 8.45. The fourth-order valence-electron chi connectivity index (χ4n) is 1.09. The molecule has 0 bridgehead atoms. The zero-order valence-electron chi connectivity index (χ0n) is 6.04. The molecule has 2 aromatic rings. The second-order valence-electron chi connectivity index (χ2n) is 2.40. The number of hydrogen-bond acceptors (Lipinski definition) is 2. The number of rotatable bonds is 0. The molecule has 0 amide bonds. The number of hydrogen-bond donors (Lipinski definition) is 0. The second-order valence-corrected chi connectivity index (χ2v) is 4.23. The van der Waals surface area contributed by atoms with E-state index in [0.29, 0.717) is 0 Å². The molecule has 12 heavy (non-hydrogen) atoms. The standard InChI is InChI=1S/C9H4BrNS/c10-7-1-2-8-6(4-11)5-12-9(8)3-7/h1-3,5H. The first kappa shape index (κ1) is 7.78. The minimum atomic E-state index is 0.766. The third kappa shape index (κ3) is 1.13. The van der Waals surface area contributed by atoms with E-state index in [1.54, 1.807) is 11.3 Å². The average Bonchev–Trinajstić information content (AvgIpc) is 2.46. The number of fused-ring (bicyclic) bond motifs is 1. The van der Waals surface area contributed by atoms with Crippen LogP contribution >= 0.6 is 27.3 Å². The van der Waals surface area contributed by atoms with Crippen LogP contribution < -0.4 is 0 Å². The molecule has 0 radical (unpaired) electrons. The lowest BCUT2D eigenvalue weighted by atomic mass is 10.2. The topological polar surface area (TPSA) is 23.8 Å². The van der Waals surface area contributed by atoms with E-state index in [2.05, 4.69) is 22.0 Å². The van der Waals surface area contributed by atoms with Crippen molar-refractivity contribution in [3.8, 4) is 6.07 Å². The first-order valence-electron chi connectivity index (χ1n) is 3.38. The van der Waals surface area contributed by atoms with Gasteiger partial charge < -0.3 is 0 Å². The van der Waals surface area contributed by atoms with Crippen molar-refractivity contribution in [1.82, 2.24) is 0 Å². The summed E-state index contributed by atoms with van der Waals surface area (Å²) in [5.74, 6) is 0. The summed E-state index contributed by atoms with van der Waals surface area (Å²) in [7, 11) is 0. The van der Waals surface area contributed by atoms with Crippen LogP contribution in [0.2, 0.25) is 0 Å². The minimum Gasteiger partial charge on any atom is -0.192 e. The fourth-order valence-corrected chi connectivity index (χ4v) is 2.53. The normalized spacial score (nSPS) is 10.0. The van der Waals surface area contributed by atoms with Crippen LogP contribution in [0.1, 0.15) is 5.56 Å². The number of thiophene rings is 1. The van der Waals surface area contributed by atoms with Gasteiger partial charge in [-0.15, -0.1) is 11.3 Å². The molecule has 0 unspecified atom stereocenters. The molecule has 0 atom stereocenters. The van der Waals surface area contributed by atoms with Gasteiger partial charge in [-0.25, -0.2) is 0 Å². The van der Waals surface area contributed by atoms with Gasteiger partial charge in [-0.05, 0) is 12.1 Å². The summed E-state index contributed by atoms with van der Waals surface area (Å²) in [6, 6.07) is 8.11. The van der Waals surface area contributed by atoms with Crippen LogP contribution in [0.4, 0.5) is 0 Å². The zero-order chi connectivity index (χ0) is 8.55. The molecule has 0 spiro atoms. The first-order chi connectivity index (χ1) is 5.81. The molecule has 0 aliphatic rings. The lowest BCUT2D eigenvalue weighted by molar-refractivity contribution is 1.52. The molecular weight excluding hydrogens is 234 g/mol. The Balaban J connectivity index is 2.84. The summed E-state index contributed by atoms with van der Waals surface area (Å²) in [6.07, 6.45) is 0. The number of nitriles is 1. The van der Waals surface area contributed by atoms with Gasteiger partial charge in [-0.3, -0.25) is 0 Å². The highest BCUT2D eigenvalue weighted by Crippen LogP contribution is 2.27. The molecule has 0 aliphatic carbocycles. The molecule has 1 heterocycles. The Morgan fingerprint density at radius 1 is 1.42 bits per heavy atom. The molecule has 3 heteroatoms. The Bertz CT molecular complexity index is 467. The van der Waals surface area contributed by atoms with Crippen molar-refractivity contribution < 1.29 is 0 Å². The van der Waals surface area contributed by atoms with Crippen LogP contribution in [0.3, 0.4) is 0 Å². The Morgan fingerprint density at radius 3 is 3.00 bits per heavy atom. The van der Waals surface area contributed by atoms with Crippen molar-refractivity contribution >= 4 is 37.4 Å². The van der Waals surface area contributed by atoms with E-state index in [4.69, 9.17) is 5.26 Å². The number of halogens is 1. The van der Waals surface area contributed by atoms with E-state index in [9.17, 15) is 0 Å². The minimum absolute atomic E-state index is 0.766. The molecule has 1 aromatic carbocycles. The van der Waals surface area contributed by atoms with Crippen molar-refractivity contribution in [3.63, 3.8) is 0 Å². The van der Waals surface area contributed by atoms with E-state index in [1.165, 1.54) is 0 Å². The molecule has 0 N–H and O–H groups in total. The molecule has 58 valence electrons. The molecule has 0 aliphatic heterocycles. The van der Waals surface area contributed by atoms with Crippen molar-refractivity contribution in [2.24, 2.45) is 0 Å². The van der Waals surface area contributed by atoms with Crippen LogP contribution in [0.15, 0.2) is 28.1 Å². The Morgan fingerprint density at radius 2 is 2.25 bits per heavy atom. The van der Waals surface area contributed by atoms with Gasteiger partial charge in [-0.2, -0.15) is 5.26 Å². The molecule has 0 saturated heterocycles. The van der Waals surface area contributed by atoms with Crippen molar-refractivity contribution in [3.05, 3.63) is 33.6 Å². The largest absolute Gasteiger partial charge is 0.192 e. The Labute approximate surface area is 82.4 Å². The third-order valence-corrected chi connectivity index (χ3v) is 3.10. The van der Waals surface area contributed by atoms with Gasteiger partial charge in [0.15, 0.2) is 0 Å². The van der Waals surface area contributed by atoms with Crippen LogP contribution in [-0.2, 0) is 0 Å². The summed E-state index contributed by atoms with van der Waals surface area (Å²) in [6.45, 7) is 0. The van der Waals surface area contributed by atoms with Gasteiger partial charge in [0.05, 0.1) is 5.56 Å². The maximum Gasteiger partial charge on any atom is 0.101 e. The van der Waals surface area contributed by atoms with Gasteiger partial charge in [0.2, 0.25) is 0 Å². The highest BCUT2D eigenvalue weighted by Gasteiger charge is 2.02. The lowest BCUT2D eigenvalue weighted by Gasteiger charge is -1.90. The van der Waals surface area contributed by atoms with E-state index in [0.717, 1.165) is 20.1 Å². The third-order valence-electron chi connectivity index (χ3n) is 1.66. The molecule has 2 rings (SSSR count). The fraction of sp³-hybridized carbons (Fsp3) is 0. The van der Waals surface area contributed by atoms with Crippen LogP contribution in [0.5, 0.6) is 0 Å². The number of nitrogens with zero attached hydrogens (tertiary/aromatic N) is 1. The van der Waals surface area contributed by atoms with E-state index >= 15 is 0 Å². The van der Waals surface area contributed by atoms with Gasteiger partial charge in [-0.1, -0.05) is 22.0 Å². The summed E-state index contributed by atoms with van der Waals surface area (Å²) in [4.78, 5) is 0. The monoisotopic (exact) mass is 237 g/mol. The van der Waals surface area contributed by atoms with Gasteiger partial charge in [0.25, 0.3) is 0 Å². The quantitative estimate of drug-likeness (QED) is 0.688. The predicted octanol–water partition coefficient (Wildman–Crippen LogP) is 3.54. The SMILES string of the molecule is N#Cc1csc2cc(Br)ccc12. The lowest BCUT2D eigenvalue weighted by Crippen LogP contribution is -1.68. The summed E-state index contributed by atoms with van der Waals surface area (Å²) in [5, 5.41) is 11.7. The first-order valence-corrected chi connectivity index (χ1v) is 5.05. The molecule has 0 saturated carbocycles. The Hall–Kier alpha value is -0.850.